The fourth-order valence-corrected chi connectivity index (χ4v) is 2.59. The fraction of sp³-hybridized carbons (Fsp3) is 0.105. The van der Waals surface area contributed by atoms with E-state index in [1.54, 1.807) is 37.5 Å². The van der Waals surface area contributed by atoms with Crippen LogP contribution < -0.4 is 0 Å². The summed E-state index contributed by atoms with van der Waals surface area (Å²) >= 11 is 5.84. The highest BCUT2D eigenvalue weighted by atomic mass is 35.5. The molecule has 0 saturated carbocycles. The molecule has 0 fully saturated rings. The molecule has 0 amide bonds. The maximum absolute atomic E-state index is 12.4. The molecule has 0 unspecified atom stereocenters. The topological polar surface area (TPSA) is 50.4 Å². The molecule has 3 aromatic rings. The van der Waals surface area contributed by atoms with Crippen molar-refractivity contribution in [2.45, 2.75) is 13.8 Å². The predicted octanol–water partition coefficient (Wildman–Crippen LogP) is 5.30. The number of phenolic OH excluding ortho intramolecular Hbond substituents is 1. The Hall–Kier alpha value is -2.52. The summed E-state index contributed by atoms with van der Waals surface area (Å²) in [6, 6.07) is 8.83. The van der Waals surface area contributed by atoms with Crippen molar-refractivity contribution in [2.24, 2.45) is 0 Å². The van der Waals surface area contributed by atoms with Crippen LogP contribution in [0.15, 0.2) is 47.1 Å². The van der Waals surface area contributed by atoms with Crippen LogP contribution in [0.2, 0.25) is 5.02 Å². The van der Waals surface area contributed by atoms with E-state index in [2.05, 4.69) is 0 Å². The van der Waals surface area contributed by atoms with Crippen LogP contribution >= 0.6 is 11.6 Å². The molecule has 0 aliphatic heterocycles. The van der Waals surface area contributed by atoms with Gasteiger partial charge in [-0.15, -0.1) is 0 Å². The fourth-order valence-electron chi connectivity index (χ4n) is 2.47. The number of carbonyl (C=O) groups is 1. The van der Waals surface area contributed by atoms with E-state index in [9.17, 15) is 9.90 Å². The lowest BCUT2D eigenvalue weighted by Gasteiger charge is -2.05. The van der Waals surface area contributed by atoms with E-state index in [4.69, 9.17) is 16.0 Å². The summed E-state index contributed by atoms with van der Waals surface area (Å²) in [4.78, 5) is 12.4. The van der Waals surface area contributed by atoms with Gasteiger partial charge in [0.25, 0.3) is 0 Å². The van der Waals surface area contributed by atoms with Gasteiger partial charge in [0.1, 0.15) is 11.3 Å². The normalized spacial score (nSPS) is 11.4. The SMILES string of the molecule is Cc1coc2c(C)c(O)c(C(=O)/C=C/c3ccc(Cl)cc3)cc12. The number of carbonyl (C=O) groups excluding carboxylic acids is 1. The van der Waals surface area contributed by atoms with Crippen molar-refractivity contribution in [1.29, 1.82) is 0 Å². The quantitative estimate of drug-likeness (QED) is 0.524. The monoisotopic (exact) mass is 326 g/mol. The summed E-state index contributed by atoms with van der Waals surface area (Å²) in [5.74, 6) is -0.305. The Morgan fingerprint density at radius 1 is 1.22 bits per heavy atom. The average molecular weight is 327 g/mol. The Kier molecular flexibility index (Phi) is 3.97. The van der Waals surface area contributed by atoms with Gasteiger partial charge in [-0.2, -0.15) is 0 Å². The Morgan fingerprint density at radius 3 is 2.61 bits per heavy atom. The lowest BCUT2D eigenvalue weighted by atomic mass is 10.0. The van der Waals surface area contributed by atoms with Crippen LogP contribution in [0, 0.1) is 13.8 Å². The van der Waals surface area contributed by atoms with Crippen LogP contribution in [0.1, 0.15) is 27.0 Å². The smallest absolute Gasteiger partial charge is 0.189 e. The van der Waals surface area contributed by atoms with E-state index in [-0.39, 0.29) is 17.1 Å². The van der Waals surface area contributed by atoms with Gasteiger partial charge in [-0.25, -0.2) is 0 Å². The predicted molar refractivity (Wildman–Crippen MR) is 92.2 cm³/mol. The first-order valence-corrected chi connectivity index (χ1v) is 7.53. The standard InChI is InChI=1S/C19H15ClO3/c1-11-10-23-19-12(2)18(22)16(9-15(11)19)17(21)8-5-13-3-6-14(20)7-4-13/h3-10,22H,1-2H3/b8-5+. The molecular formula is C19H15ClO3. The molecular weight excluding hydrogens is 312 g/mol. The van der Waals surface area contributed by atoms with E-state index < -0.39 is 0 Å². The molecule has 1 heterocycles. The van der Waals surface area contributed by atoms with Crippen molar-refractivity contribution in [3.63, 3.8) is 0 Å². The number of rotatable bonds is 3. The molecule has 4 heteroatoms. The number of hydrogen-bond donors (Lipinski definition) is 1. The largest absolute Gasteiger partial charge is 0.507 e. The van der Waals surface area contributed by atoms with Crippen molar-refractivity contribution >= 4 is 34.4 Å². The zero-order chi connectivity index (χ0) is 16.6. The molecule has 0 aliphatic carbocycles. The third kappa shape index (κ3) is 2.88. The van der Waals surface area contributed by atoms with Gasteiger partial charge in [0.05, 0.1) is 11.8 Å². The Morgan fingerprint density at radius 2 is 1.91 bits per heavy atom. The van der Waals surface area contributed by atoms with Gasteiger partial charge in [0.15, 0.2) is 5.78 Å². The van der Waals surface area contributed by atoms with Crippen LogP contribution in [0.25, 0.3) is 17.0 Å². The molecule has 0 aliphatic rings. The molecule has 0 spiro atoms. The number of hydrogen-bond acceptors (Lipinski definition) is 3. The molecule has 3 nitrogen and oxygen atoms in total. The van der Waals surface area contributed by atoms with Crippen LogP contribution in [-0.4, -0.2) is 10.9 Å². The van der Waals surface area contributed by atoms with Gasteiger partial charge in [0, 0.05) is 16.0 Å². The van der Waals surface area contributed by atoms with Crippen LogP contribution in [-0.2, 0) is 0 Å². The molecule has 0 saturated heterocycles. The molecule has 0 bridgehead atoms. The summed E-state index contributed by atoms with van der Waals surface area (Å²) < 4.78 is 5.43. The first-order valence-electron chi connectivity index (χ1n) is 7.15. The number of aromatic hydroxyl groups is 1. The summed E-state index contributed by atoms with van der Waals surface area (Å²) in [6.45, 7) is 3.64. The van der Waals surface area contributed by atoms with Crippen LogP contribution in [0.3, 0.4) is 0 Å². The van der Waals surface area contributed by atoms with E-state index in [1.807, 2.05) is 19.1 Å². The highest BCUT2D eigenvalue weighted by Crippen LogP contribution is 2.33. The molecule has 1 aromatic heterocycles. The van der Waals surface area contributed by atoms with Crippen molar-refractivity contribution in [2.75, 3.05) is 0 Å². The third-order valence-electron chi connectivity index (χ3n) is 3.83. The average Bonchev–Trinajstić information content (AvgIpc) is 2.91. The summed E-state index contributed by atoms with van der Waals surface area (Å²) in [6.07, 6.45) is 4.76. The van der Waals surface area contributed by atoms with Crippen molar-refractivity contribution < 1.29 is 14.3 Å². The minimum Gasteiger partial charge on any atom is -0.507 e. The minimum atomic E-state index is -0.261. The Bertz CT molecular complexity index is 918. The highest BCUT2D eigenvalue weighted by molar-refractivity contribution is 6.30. The zero-order valence-corrected chi connectivity index (χ0v) is 13.5. The van der Waals surface area contributed by atoms with Gasteiger partial charge < -0.3 is 9.52 Å². The van der Waals surface area contributed by atoms with Crippen molar-refractivity contribution in [3.05, 3.63) is 69.9 Å². The minimum absolute atomic E-state index is 0.0439. The van der Waals surface area contributed by atoms with Gasteiger partial charge in [-0.3, -0.25) is 4.79 Å². The summed E-state index contributed by atoms with van der Waals surface area (Å²) in [7, 11) is 0. The molecule has 1 N–H and O–H groups in total. The van der Waals surface area contributed by atoms with Crippen molar-refractivity contribution in [1.82, 2.24) is 0 Å². The maximum Gasteiger partial charge on any atom is 0.189 e. The lowest BCUT2D eigenvalue weighted by Crippen LogP contribution is -1.97. The van der Waals surface area contributed by atoms with Crippen LogP contribution in [0.4, 0.5) is 0 Å². The number of halogens is 1. The summed E-state index contributed by atoms with van der Waals surface area (Å²) in [5, 5.41) is 11.8. The van der Waals surface area contributed by atoms with E-state index in [1.165, 1.54) is 6.08 Å². The van der Waals surface area contributed by atoms with Gasteiger partial charge in [-0.1, -0.05) is 29.8 Å². The Balaban J connectivity index is 1.99. The van der Waals surface area contributed by atoms with E-state index >= 15 is 0 Å². The second-order valence-electron chi connectivity index (χ2n) is 5.44. The number of allylic oxidation sites excluding steroid dienone is 1. The van der Waals surface area contributed by atoms with E-state index in [0.717, 1.165) is 16.5 Å². The number of fused-ring (bicyclic) bond motifs is 1. The third-order valence-corrected chi connectivity index (χ3v) is 4.08. The van der Waals surface area contributed by atoms with E-state index in [0.29, 0.717) is 16.2 Å². The van der Waals surface area contributed by atoms with Crippen molar-refractivity contribution in [3.8, 4) is 5.75 Å². The molecule has 2 aromatic carbocycles. The number of furan rings is 1. The van der Waals surface area contributed by atoms with Crippen LogP contribution in [0.5, 0.6) is 5.75 Å². The number of ketones is 1. The number of phenols is 1. The molecule has 0 radical (unpaired) electrons. The molecule has 0 atom stereocenters. The number of aryl methyl sites for hydroxylation is 2. The summed E-state index contributed by atoms with van der Waals surface area (Å²) in [5.41, 5.74) is 3.24. The molecule has 23 heavy (non-hydrogen) atoms. The second kappa shape index (κ2) is 5.94. The lowest BCUT2D eigenvalue weighted by molar-refractivity contribution is 0.104. The maximum atomic E-state index is 12.4. The van der Waals surface area contributed by atoms with Gasteiger partial charge in [0.2, 0.25) is 0 Å². The second-order valence-corrected chi connectivity index (χ2v) is 5.88. The first kappa shape index (κ1) is 15.4. The zero-order valence-electron chi connectivity index (χ0n) is 12.8. The highest BCUT2D eigenvalue weighted by Gasteiger charge is 2.17. The number of benzene rings is 2. The molecule has 116 valence electrons. The van der Waals surface area contributed by atoms with Gasteiger partial charge >= 0.3 is 0 Å². The van der Waals surface area contributed by atoms with Gasteiger partial charge in [-0.05, 0) is 49.2 Å². The first-order chi connectivity index (χ1) is 11.0. The molecule has 3 rings (SSSR count). The Labute approximate surface area is 138 Å².